The number of halogens is 1. The number of aromatic nitrogens is 1. The predicted octanol–water partition coefficient (Wildman–Crippen LogP) is 4.47. The summed E-state index contributed by atoms with van der Waals surface area (Å²) < 4.78 is 12.4. The first-order chi connectivity index (χ1) is 13.5. The van der Waals surface area contributed by atoms with Gasteiger partial charge < -0.3 is 8.95 Å². The van der Waals surface area contributed by atoms with Gasteiger partial charge >= 0.3 is 0 Å². The van der Waals surface area contributed by atoms with Crippen LogP contribution in [0.5, 0.6) is 0 Å². The first-order valence-corrected chi connectivity index (χ1v) is 12.5. The Kier molecular flexibility index (Phi) is 7.27. The van der Waals surface area contributed by atoms with Crippen LogP contribution in [-0.4, -0.2) is 20.3 Å². The van der Waals surface area contributed by atoms with E-state index in [1.54, 1.807) is 0 Å². The number of rotatable bonds is 8. The molecule has 28 heavy (non-hydrogen) atoms. The monoisotopic (exact) mass is 457 g/mol. The van der Waals surface area contributed by atoms with Gasteiger partial charge in [-0.15, -0.1) is 0 Å². The second-order valence-electron chi connectivity index (χ2n) is 8.15. The van der Waals surface area contributed by atoms with E-state index < -0.39 is 9.04 Å². The standard InChI is InChI=1S/C23H28BrNO2Si/c1-23(2,3)22(15-14-19-16-18(17-24)25-26-19)27-28(20-10-6-4-7-11-20)21-12-8-5-9-13-21/h4-13,16,22,28H,14-15,17H2,1-3H3. The average molecular weight is 458 g/mol. The van der Waals surface area contributed by atoms with E-state index in [0.717, 1.165) is 24.3 Å². The van der Waals surface area contributed by atoms with E-state index in [-0.39, 0.29) is 11.5 Å². The van der Waals surface area contributed by atoms with E-state index in [4.69, 9.17) is 8.95 Å². The van der Waals surface area contributed by atoms with Crippen molar-refractivity contribution in [2.24, 2.45) is 5.41 Å². The van der Waals surface area contributed by atoms with Gasteiger partial charge in [0.1, 0.15) is 5.76 Å². The molecular weight excluding hydrogens is 430 g/mol. The molecule has 2 aromatic carbocycles. The molecule has 0 spiro atoms. The fraction of sp³-hybridized carbons (Fsp3) is 0.348. The Hall–Kier alpha value is -1.69. The molecule has 1 atom stereocenters. The number of nitrogens with zero attached hydrogens (tertiary/aromatic N) is 1. The third kappa shape index (κ3) is 5.66. The van der Waals surface area contributed by atoms with Gasteiger partial charge in [-0.05, 0) is 22.2 Å². The highest BCUT2D eigenvalue weighted by Crippen LogP contribution is 2.27. The number of alkyl halides is 1. The fourth-order valence-corrected chi connectivity index (χ4v) is 6.26. The molecule has 0 aliphatic heterocycles. The van der Waals surface area contributed by atoms with Crippen molar-refractivity contribution >= 4 is 35.3 Å². The van der Waals surface area contributed by atoms with Gasteiger partial charge in [-0.3, -0.25) is 0 Å². The molecule has 0 N–H and O–H groups in total. The lowest BCUT2D eigenvalue weighted by Gasteiger charge is -2.34. The van der Waals surface area contributed by atoms with Crippen LogP contribution in [0.2, 0.25) is 0 Å². The van der Waals surface area contributed by atoms with Gasteiger partial charge in [-0.25, -0.2) is 0 Å². The number of hydrogen-bond donors (Lipinski definition) is 0. The lowest BCUT2D eigenvalue weighted by atomic mass is 9.86. The van der Waals surface area contributed by atoms with E-state index in [9.17, 15) is 0 Å². The van der Waals surface area contributed by atoms with E-state index in [0.29, 0.717) is 5.33 Å². The van der Waals surface area contributed by atoms with Crippen molar-refractivity contribution in [2.45, 2.75) is 45.0 Å². The molecular formula is C23H28BrNO2Si. The molecule has 0 bridgehead atoms. The molecule has 0 fully saturated rings. The molecule has 3 aromatic rings. The van der Waals surface area contributed by atoms with Gasteiger partial charge in [0, 0.05) is 17.8 Å². The van der Waals surface area contributed by atoms with Crippen molar-refractivity contribution in [1.82, 2.24) is 5.16 Å². The lowest BCUT2D eigenvalue weighted by Crippen LogP contribution is -2.49. The molecule has 1 unspecified atom stereocenters. The topological polar surface area (TPSA) is 35.3 Å². The Morgan fingerprint density at radius 3 is 2.04 bits per heavy atom. The van der Waals surface area contributed by atoms with Gasteiger partial charge in [0.25, 0.3) is 0 Å². The zero-order valence-electron chi connectivity index (χ0n) is 16.8. The first-order valence-electron chi connectivity index (χ1n) is 9.73. The molecule has 3 rings (SSSR count). The maximum absolute atomic E-state index is 6.91. The van der Waals surface area contributed by atoms with Crippen LogP contribution in [0.25, 0.3) is 0 Å². The Bertz CT molecular complexity index is 806. The van der Waals surface area contributed by atoms with E-state index in [1.165, 1.54) is 10.4 Å². The summed E-state index contributed by atoms with van der Waals surface area (Å²) in [5.74, 6) is 0.921. The van der Waals surface area contributed by atoms with Crippen LogP contribution < -0.4 is 10.4 Å². The average Bonchev–Trinajstić information content (AvgIpc) is 3.16. The van der Waals surface area contributed by atoms with Gasteiger partial charge in [-0.2, -0.15) is 0 Å². The zero-order chi connectivity index (χ0) is 20.0. The Labute approximate surface area is 178 Å². The van der Waals surface area contributed by atoms with Crippen LogP contribution in [-0.2, 0) is 16.2 Å². The molecule has 0 saturated heterocycles. The number of hydrogen-bond acceptors (Lipinski definition) is 3. The first kappa shape index (κ1) is 21.0. The third-order valence-electron chi connectivity index (χ3n) is 4.87. The zero-order valence-corrected chi connectivity index (χ0v) is 19.5. The maximum Gasteiger partial charge on any atom is 0.240 e. The summed E-state index contributed by atoms with van der Waals surface area (Å²) >= 11 is 3.43. The quantitative estimate of drug-likeness (QED) is 0.369. The van der Waals surface area contributed by atoms with Crippen LogP contribution in [0.3, 0.4) is 0 Å². The highest BCUT2D eigenvalue weighted by atomic mass is 79.9. The van der Waals surface area contributed by atoms with Gasteiger partial charge in [0.2, 0.25) is 9.04 Å². The van der Waals surface area contributed by atoms with Crippen LogP contribution in [0.15, 0.2) is 71.3 Å². The predicted molar refractivity (Wildman–Crippen MR) is 121 cm³/mol. The smallest absolute Gasteiger partial charge is 0.240 e. The molecule has 1 aromatic heterocycles. The van der Waals surface area contributed by atoms with Crippen LogP contribution >= 0.6 is 15.9 Å². The van der Waals surface area contributed by atoms with E-state index in [1.807, 2.05) is 6.07 Å². The second kappa shape index (κ2) is 9.68. The maximum atomic E-state index is 6.91. The molecule has 0 radical (unpaired) electrons. The lowest BCUT2D eigenvalue weighted by molar-refractivity contribution is 0.0799. The Morgan fingerprint density at radius 1 is 1.00 bits per heavy atom. The number of aryl methyl sites for hydroxylation is 1. The molecule has 0 aliphatic carbocycles. The fourth-order valence-electron chi connectivity index (χ4n) is 3.28. The molecule has 0 aliphatic rings. The van der Waals surface area contributed by atoms with Crippen LogP contribution in [0.1, 0.15) is 38.6 Å². The van der Waals surface area contributed by atoms with Crippen LogP contribution in [0, 0.1) is 5.41 Å². The number of benzene rings is 2. The van der Waals surface area contributed by atoms with E-state index >= 15 is 0 Å². The third-order valence-corrected chi connectivity index (χ3v) is 8.02. The highest BCUT2D eigenvalue weighted by molar-refractivity contribution is 9.08. The molecule has 3 nitrogen and oxygen atoms in total. The highest BCUT2D eigenvalue weighted by Gasteiger charge is 2.30. The minimum absolute atomic E-state index is 0.0348. The molecule has 5 heteroatoms. The van der Waals surface area contributed by atoms with Crippen molar-refractivity contribution in [2.75, 3.05) is 0 Å². The van der Waals surface area contributed by atoms with Gasteiger partial charge in [0.05, 0.1) is 11.8 Å². The Balaban J connectivity index is 1.81. The summed E-state index contributed by atoms with van der Waals surface area (Å²) in [6, 6.07) is 23.3. The summed E-state index contributed by atoms with van der Waals surface area (Å²) in [7, 11) is -1.79. The summed E-state index contributed by atoms with van der Waals surface area (Å²) in [6.45, 7) is 6.76. The molecule has 148 valence electrons. The van der Waals surface area contributed by atoms with Crippen molar-refractivity contribution in [1.29, 1.82) is 0 Å². The Morgan fingerprint density at radius 2 is 1.57 bits per heavy atom. The molecule has 1 heterocycles. The normalized spacial score (nSPS) is 13.0. The molecule has 0 saturated carbocycles. The SMILES string of the molecule is CC(C)(C)C(CCc1cc(CBr)no1)O[SiH](c1ccccc1)c1ccccc1. The summed E-state index contributed by atoms with van der Waals surface area (Å²) in [6.07, 6.45) is 1.86. The largest absolute Gasteiger partial charge is 0.407 e. The minimum Gasteiger partial charge on any atom is -0.407 e. The summed E-state index contributed by atoms with van der Waals surface area (Å²) in [4.78, 5) is 0. The van der Waals surface area contributed by atoms with Gasteiger partial charge in [0.15, 0.2) is 0 Å². The van der Waals surface area contributed by atoms with Gasteiger partial charge in [-0.1, -0.05) is 103 Å². The van der Waals surface area contributed by atoms with Crippen LogP contribution in [0.4, 0.5) is 0 Å². The summed E-state index contributed by atoms with van der Waals surface area (Å²) in [5.41, 5.74) is 0.969. The van der Waals surface area contributed by atoms with Crippen molar-refractivity contribution < 1.29 is 8.95 Å². The summed E-state index contributed by atoms with van der Waals surface area (Å²) in [5, 5.41) is 7.41. The van der Waals surface area contributed by atoms with E-state index in [2.05, 4.69) is 103 Å². The second-order valence-corrected chi connectivity index (χ2v) is 11.1. The van der Waals surface area contributed by atoms with Crippen molar-refractivity contribution in [3.8, 4) is 0 Å². The van der Waals surface area contributed by atoms with Crippen molar-refractivity contribution in [3.63, 3.8) is 0 Å². The van der Waals surface area contributed by atoms with Crippen molar-refractivity contribution in [3.05, 3.63) is 78.2 Å². The minimum atomic E-state index is -1.79. The molecule has 0 amide bonds.